The van der Waals surface area contributed by atoms with Gasteiger partial charge in [0.25, 0.3) is 0 Å². The van der Waals surface area contributed by atoms with E-state index in [1.165, 1.54) is 0 Å². The van der Waals surface area contributed by atoms with Crippen molar-refractivity contribution in [3.63, 3.8) is 0 Å². The van der Waals surface area contributed by atoms with Gasteiger partial charge in [-0.2, -0.15) is 0 Å². The molecule has 4 N–H and O–H groups in total. The number of halogens is 4. The normalized spacial score (nSPS) is 11.3. The minimum absolute atomic E-state index is 0.0308. The van der Waals surface area contributed by atoms with E-state index in [4.69, 9.17) is 46.4 Å². The zero-order valence-electron chi connectivity index (χ0n) is 28.0. The molecule has 0 saturated heterocycles. The Morgan fingerprint density at radius 3 is 0.731 bits per heavy atom. The van der Waals surface area contributed by atoms with Crippen LogP contribution in [0.1, 0.15) is 109 Å². The molecular formula is C40H30Cl4O8. The lowest BCUT2D eigenvalue weighted by Crippen LogP contribution is -2.11. The minimum atomic E-state index is -1.18. The standard InChI is InChI=1S/C40H30Cl4O8/c1-17-9-23(13-27(41)31(17)37(45)46)35(24-10-18(2)32(38(47)48)28(42)14-24)21-5-7-22(8-6-21)36(25-11-19(3)33(39(49)50)29(43)15-25)26-12-20(4)34(40(51)52)30(44)16-26/h5-16,35-36H,1-4H3,(H,45,46)(H,47,48)(H,49,50)(H,51,52). The molecule has 0 aliphatic rings. The van der Waals surface area contributed by atoms with Crippen LogP contribution in [0.4, 0.5) is 0 Å². The molecule has 8 nitrogen and oxygen atoms in total. The monoisotopic (exact) mass is 778 g/mol. The van der Waals surface area contributed by atoms with Crippen LogP contribution in [0.15, 0.2) is 72.8 Å². The zero-order chi connectivity index (χ0) is 38.3. The lowest BCUT2D eigenvalue weighted by Gasteiger charge is -2.25. The van der Waals surface area contributed by atoms with Crippen molar-refractivity contribution in [1.29, 1.82) is 0 Å². The van der Waals surface area contributed by atoms with Crippen molar-refractivity contribution in [3.8, 4) is 0 Å². The van der Waals surface area contributed by atoms with Crippen LogP contribution < -0.4 is 0 Å². The molecule has 0 spiro atoms. The topological polar surface area (TPSA) is 149 Å². The van der Waals surface area contributed by atoms with Crippen LogP contribution in [-0.2, 0) is 0 Å². The summed E-state index contributed by atoms with van der Waals surface area (Å²) in [5.41, 5.74) is 5.54. The predicted octanol–water partition coefficient (Wildman–Crippen LogP) is 10.7. The number of hydrogen-bond donors (Lipinski definition) is 4. The fourth-order valence-electron chi connectivity index (χ4n) is 6.87. The summed E-state index contributed by atoms with van der Waals surface area (Å²) in [6.07, 6.45) is 0. The van der Waals surface area contributed by atoms with E-state index < -0.39 is 35.7 Å². The Balaban J connectivity index is 1.74. The maximum atomic E-state index is 11.9. The number of carbonyl (C=O) groups is 4. The number of aromatic carboxylic acids is 4. The van der Waals surface area contributed by atoms with Gasteiger partial charge in [-0.15, -0.1) is 0 Å². The first kappa shape index (κ1) is 38.4. The van der Waals surface area contributed by atoms with E-state index in [9.17, 15) is 39.6 Å². The van der Waals surface area contributed by atoms with Crippen LogP contribution in [-0.4, -0.2) is 44.3 Å². The third-order valence-corrected chi connectivity index (χ3v) is 10.2. The van der Waals surface area contributed by atoms with E-state index in [1.54, 1.807) is 76.2 Å². The predicted molar refractivity (Wildman–Crippen MR) is 201 cm³/mol. The van der Waals surface area contributed by atoms with Gasteiger partial charge in [-0.1, -0.05) is 94.9 Å². The van der Waals surface area contributed by atoms with E-state index >= 15 is 0 Å². The number of carboxylic acids is 4. The van der Waals surface area contributed by atoms with Crippen LogP contribution in [0, 0.1) is 27.7 Å². The summed E-state index contributed by atoms with van der Waals surface area (Å²) in [6, 6.07) is 20.6. The van der Waals surface area contributed by atoms with Crippen molar-refractivity contribution in [1.82, 2.24) is 0 Å². The summed E-state index contributed by atoms with van der Waals surface area (Å²) in [5.74, 6) is -5.87. The highest BCUT2D eigenvalue weighted by molar-refractivity contribution is 6.35. The first-order chi connectivity index (χ1) is 24.4. The van der Waals surface area contributed by atoms with Crippen molar-refractivity contribution in [3.05, 3.63) is 171 Å². The number of carboxylic acid groups (broad SMARTS) is 4. The molecule has 266 valence electrons. The molecule has 0 saturated carbocycles. The highest BCUT2D eigenvalue weighted by atomic mass is 35.5. The first-order valence-corrected chi connectivity index (χ1v) is 17.2. The van der Waals surface area contributed by atoms with Gasteiger partial charge in [0.05, 0.1) is 42.3 Å². The molecule has 0 aromatic heterocycles. The lowest BCUT2D eigenvalue weighted by molar-refractivity contribution is 0.0685. The average Bonchev–Trinajstić information content (AvgIpc) is 3.00. The Bertz CT molecular complexity index is 1920. The highest BCUT2D eigenvalue weighted by Gasteiger charge is 2.27. The molecule has 0 radical (unpaired) electrons. The van der Waals surface area contributed by atoms with Crippen molar-refractivity contribution in [2.24, 2.45) is 0 Å². The molecule has 5 aromatic carbocycles. The second-order valence-electron chi connectivity index (χ2n) is 12.5. The number of aryl methyl sites for hydroxylation is 4. The molecule has 0 amide bonds. The SMILES string of the molecule is Cc1cc(C(c2ccc(C(c3cc(C)c(C(=O)O)c(Cl)c3)c3cc(C)c(C(=O)O)c(Cl)c3)cc2)c2cc(C)c(C(=O)O)c(Cl)c2)cc(Cl)c1C(=O)O. The highest BCUT2D eigenvalue weighted by Crippen LogP contribution is 2.41. The summed E-state index contributed by atoms with van der Waals surface area (Å²) in [5, 5.41) is 39.1. The van der Waals surface area contributed by atoms with Crippen molar-refractivity contribution in [2.75, 3.05) is 0 Å². The van der Waals surface area contributed by atoms with Gasteiger partial charge in [-0.3, -0.25) is 0 Å². The van der Waals surface area contributed by atoms with E-state index in [1.807, 2.05) is 24.3 Å². The third kappa shape index (κ3) is 7.38. The summed E-state index contributed by atoms with van der Waals surface area (Å²) < 4.78 is 0. The Kier molecular flexibility index (Phi) is 11.1. The second kappa shape index (κ2) is 15.0. The van der Waals surface area contributed by atoms with E-state index in [0.717, 1.165) is 11.1 Å². The van der Waals surface area contributed by atoms with Crippen LogP contribution in [0.5, 0.6) is 0 Å². The van der Waals surface area contributed by atoms with Gasteiger partial charge in [0.2, 0.25) is 0 Å². The molecule has 5 rings (SSSR count). The summed E-state index contributed by atoms with van der Waals surface area (Å²) in [6.45, 7) is 6.56. The largest absolute Gasteiger partial charge is 0.478 e. The Morgan fingerprint density at radius 2 is 0.577 bits per heavy atom. The zero-order valence-corrected chi connectivity index (χ0v) is 31.0. The Hall–Kier alpha value is -4.86. The van der Waals surface area contributed by atoms with Gasteiger partial charge >= 0.3 is 23.9 Å². The molecule has 0 aliphatic heterocycles. The van der Waals surface area contributed by atoms with Gasteiger partial charge in [-0.05, 0) is 108 Å². The molecule has 0 atom stereocenters. The molecular weight excluding hydrogens is 750 g/mol. The minimum Gasteiger partial charge on any atom is -0.478 e. The summed E-state index contributed by atoms with van der Waals surface area (Å²) in [4.78, 5) is 47.8. The van der Waals surface area contributed by atoms with Crippen molar-refractivity contribution in [2.45, 2.75) is 39.5 Å². The van der Waals surface area contributed by atoms with Gasteiger partial charge in [0.15, 0.2) is 0 Å². The van der Waals surface area contributed by atoms with Crippen molar-refractivity contribution < 1.29 is 39.6 Å². The van der Waals surface area contributed by atoms with E-state index in [2.05, 4.69) is 0 Å². The molecule has 0 aliphatic carbocycles. The van der Waals surface area contributed by atoms with Crippen LogP contribution >= 0.6 is 46.4 Å². The van der Waals surface area contributed by atoms with Crippen LogP contribution in [0.2, 0.25) is 20.1 Å². The van der Waals surface area contributed by atoms with Gasteiger partial charge in [-0.25, -0.2) is 19.2 Å². The lowest BCUT2D eigenvalue weighted by atomic mass is 9.80. The maximum Gasteiger partial charge on any atom is 0.337 e. The summed E-state index contributed by atoms with van der Waals surface area (Å²) >= 11 is 26.1. The fraction of sp³-hybridized carbons (Fsp3) is 0.150. The third-order valence-electron chi connectivity index (χ3n) is 9.03. The number of hydrogen-bond acceptors (Lipinski definition) is 4. The van der Waals surface area contributed by atoms with E-state index in [0.29, 0.717) is 44.5 Å². The second-order valence-corrected chi connectivity index (χ2v) is 14.2. The summed E-state index contributed by atoms with van der Waals surface area (Å²) in [7, 11) is 0. The molecule has 12 heteroatoms. The molecule has 52 heavy (non-hydrogen) atoms. The smallest absolute Gasteiger partial charge is 0.337 e. The van der Waals surface area contributed by atoms with Gasteiger partial charge in [0.1, 0.15) is 0 Å². The van der Waals surface area contributed by atoms with Crippen LogP contribution in [0.25, 0.3) is 0 Å². The van der Waals surface area contributed by atoms with E-state index in [-0.39, 0.29) is 42.3 Å². The average molecular weight is 780 g/mol. The molecule has 5 aromatic rings. The molecule has 0 bridgehead atoms. The maximum absolute atomic E-state index is 11.9. The fourth-order valence-corrected chi connectivity index (χ4v) is 8.29. The number of benzene rings is 5. The molecule has 0 heterocycles. The molecule has 0 unspecified atom stereocenters. The van der Waals surface area contributed by atoms with Crippen molar-refractivity contribution >= 4 is 70.3 Å². The molecule has 0 fully saturated rings. The Morgan fingerprint density at radius 1 is 0.385 bits per heavy atom. The first-order valence-electron chi connectivity index (χ1n) is 15.6. The quantitative estimate of drug-likeness (QED) is 0.102. The van der Waals surface area contributed by atoms with Crippen LogP contribution in [0.3, 0.4) is 0 Å². The van der Waals surface area contributed by atoms with Gasteiger partial charge < -0.3 is 20.4 Å². The Labute approximate surface area is 318 Å². The number of rotatable bonds is 10. The van der Waals surface area contributed by atoms with Gasteiger partial charge in [0, 0.05) is 11.8 Å².